The molecule has 4 nitrogen and oxygen atoms in total. The van der Waals surface area contributed by atoms with Gasteiger partial charge in [-0.3, -0.25) is 4.68 Å². The van der Waals surface area contributed by atoms with Crippen LogP contribution in [0, 0.1) is 13.8 Å². The van der Waals surface area contributed by atoms with E-state index in [0.717, 1.165) is 30.2 Å². The van der Waals surface area contributed by atoms with Gasteiger partial charge in [0, 0.05) is 37.1 Å². The first-order valence-electron chi connectivity index (χ1n) is 5.86. The first-order valence-corrected chi connectivity index (χ1v) is 6.68. The van der Waals surface area contributed by atoms with Crippen LogP contribution in [-0.4, -0.2) is 21.3 Å². The summed E-state index contributed by atoms with van der Waals surface area (Å²) in [6.07, 6.45) is 1.05. The van der Waals surface area contributed by atoms with E-state index in [4.69, 9.17) is 4.98 Å². The molecular weight excluding hydrogens is 232 g/mol. The largest absolute Gasteiger partial charge is 0.311 e. The second kappa shape index (κ2) is 3.92. The van der Waals surface area contributed by atoms with Crippen LogP contribution in [0.25, 0.3) is 10.6 Å². The Balaban J connectivity index is 2.12. The maximum Gasteiger partial charge on any atom is 0.127 e. The van der Waals surface area contributed by atoms with Gasteiger partial charge in [0.25, 0.3) is 0 Å². The van der Waals surface area contributed by atoms with E-state index in [1.807, 2.05) is 11.7 Å². The quantitative estimate of drug-likeness (QED) is 0.837. The molecule has 1 N–H and O–H groups in total. The molecule has 2 aromatic heterocycles. The van der Waals surface area contributed by atoms with Crippen molar-refractivity contribution in [1.29, 1.82) is 0 Å². The van der Waals surface area contributed by atoms with Crippen LogP contribution in [0.2, 0.25) is 0 Å². The number of thiazole rings is 1. The lowest BCUT2D eigenvalue weighted by Crippen LogP contribution is -2.22. The molecule has 17 heavy (non-hydrogen) atoms. The summed E-state index contributed by atoms with van der Waals surface area (Å²) >= 11 is 1.80. The molecule has 0 saturated heterocycles. The second-order valence-electron chi connectivity index (χ2n) is 4.49. The highest BCUT2D eigenvalue weighted by Crippen LogP contribution is 2.33. The van der Waals surface area contributed by atoms with Crippen molar-refractivity contribution in [2.75, 3.05) is 6.54 Å². The summed E-state index contributed by atoms with van der Waals surface area (Å²) in [6, 6.07) is 0. The molecule has 1 aliphatic rings. The zero-order chi connectivity index (χ0) is 12.0. The fraction of sp³-hybridized carbons (Fsp3) is 0.500. The molecule has 0 amide bonds. The maximum atomic E-state index is 4.78. The number of aromatic nitrogens is 3. The molecule has 90 valence electrons. The fourth-order valence-corrected chi connectivity index (χ4v) is 3.54. The minimum Gasteiger partial charge on any atom is -0.311 e. The predicted octanol–water partition coefficient (Wildman–Crippen LogP) is 1.81. The van der Waals surface area contributed by atoms with Crippen LogP contribution in [0.1, 0.15) is 22.0 Å². The molecule has 0 fully saturated rings. The summed E-state index contributed by atoms with van der Waals surface area (Å²) < 4.78 is 1.93. The van der Waals surface area contributed by atoms with Crippen LogP contribution in [0.15, 0.2) is 0 Å². The van der Waals surface area contributed by atoms with Gasteiger partial charge < -0.3 is 5.32 Å². The van der Waals surface area contributed by atoms with Gasteiger partial charge in [0.2, 0.25) is 0 Å². The summed E-state index contributed by atoms with van der Waals surface area (Å²) in [5.41, 5.74) is 4.75. The smallest absolute Gasteiger partial charge is 0.127 e. The minimum absolute atomic E-state index is 0.964. The van der Waals surface area contributed by atoms with Gasteiger partial charge in [0.15, 0.2) is 0 Å². The fourth-order valence-electron chi connectivity index (χ4n) is 2.32. The Kier molecular flexibility index (Phi) is 2.52. The Morgan fingerprint density at radius 3 is 2.82 bits per heavy atom. The van der Waals surface area contributed by atoms with Crippen molar-refractivity contribution in [3.05, 3.63) is 22.0 Å². The van der Waals surface area contributed by atoms with Crippen molar-refractivity contribution in [2.24, 2.45) is 7.05 Å². The van der Waals surface area contributed by atoms with E-state index in [2.05, 4.69) is 24.3 Å². The normalized spacial score (nSPS) is 15.0. The topological polar surface area (TPSA) is 42.7 Å². The summed E-state index contributed by atoms with van der Waals surface area (Å²) in [4.78, 5) is 6.16. The van der Waals surface area contributed by atoms with Crippen LogP contribution in [0.5, 0.6) is 0 Å². The van der Waals surface area contributed by atoms with E-state index in [-0.39, 0.29) is 0 Å². The molecule has 2 aromatic rings. The predicted molar refractivity (Wildman–Crippen MR) is 69.2 cm³/mol. The van der Waals surface area contributed by atoms with Crippen LogP contribution >= 0.6 is 11.3 Å². The molecular formula is C12H16N4S. The van der Waals surface area contributed by atoms with Gasteiger partial charge in [-0.2, -0.15) is 5.10 Å². The highest BCUT2D eigenvalue weighted by molar-refractivity contribution is 7.15. The Morgan fingerprint density at radius 1 is 1.35 bits per heavy atom. The first kappa shape index (κ1) is 10.9. The van der Waals surface area contributed by atoms with E-state index in [0.29, 0.717) is 0 Å². The third-order valence-corrected chi connectivity index (χ3v) is 4.44. The molecule has 0 unspecified atom stereocenters. The third kappa shape index (κ3) is 1.70. The lowest BCUT2D eigenvalue weighted by Gasteiger charge is -2.09. The molecule has 3 rings (SSSR count). The van der Waals surface area contributed by atoms with Crippen molar-refractivity contribution in [3.8, 4) is 10.6 Å². The highest BCUT2D eigenvalue weighted by atomic mass is 32.1. The van der Waals surface area contributed by atoms with Crippen LogP contribution in [-0.2, 0) is 20.0 Å². The Morgan fingerprint density at radius 2 is 2.18 bits per heavy atom. The molecule has 3 heterocycles. The molecule has 5 heteroatoms. The number of fused-ring (bicyclic) bond motifs is 1. The number of aryl methyl sites for hydroxylation is 2. The van der Waals surface area contributed by atoms with Gasteiger partial charge in [-0.25, -0.2) is 4.98 Å². The molecule has 1 aliphatic heterocycles. The SMILES string of the molecule is Cc1nn(C)c(C)c1-c1nc2c(s1)CNCC2. The van der Waals surface area contributed by atoms with Crippen molar-refractivity contribution in [3.63, 3.8) is 0 Å². The average Bonchev–Trinajstić information content (AvgIpc) is 2.81. The standard InChI is InChI=1S/C12H16N4S/c1-7-11(8(2)16(3)15-7)12-14-9-4-5-13-6-10(9)17-12/h13H,4-6H2,1-3H3. The van der Waals surface area contributed by atoms with E-state index in [1.54, 1.807) is 11.3 Å². The van der Waals surface area contributed by atoms with E-state index >= 15 is 0 Å². The van der Waals surface area contributed by atoms with Gasteiger partial charge in [0.1, 0.15) is 5.01 Å². The minimum atomic E-state index is 0.964. The Labute approximate surface area is 105 Å². The van der Waals surface area contributed by atoms with Gasteiger partial charge in [-0.1, -0.05) is 0 Å². The Hall–Kier alpha value is -1.20. The van der Waals surface area contributed by atoms with Gasteiger partial charge in [-0.05, 0) is 13.8 Å². The average molecular weight is 248 g/mol. The van der Waals surface area contributed by atoms with Crippen molar-refractivity contribution in [1.82, 2.24) is 20.1 Å². The van der Waals surface area contributed by atoms with Gasteiger partial charge >= 0.3 is 0 Å². The number of nitrogens with zero attached hydrogens (tertiary/aromatic N) is 3. The monoisotopic (exact) mass is 248 g/mol. The zero-order valence-corrected chi connectivity index (χ0v) is 11.2. The number of hydrogen-bond donors (Lipinski definition) is 1. The van der Waals surface area contributed by atoms with Gasteiger partial charge in [0.05, 0.1) is 17.0 Å². The lowest BCUT2D eigenvalue weighted by molar-refractivity contribution is 0.644. The summed E-state index contributed by atoms with van der Waals surface area (Å²) in [5, 5.41) is 8.98. The van der Waals surface area contributed by atoms with Crippen molar-refractivity contribution in [2.45, 2.75) is 26.8 Å². The third-order valence-electron chi connectivity index (χ3n) is 3.33. The Bertz CT molecular complexity index is 544. The second-order valence-corrected chi connectivity index (χ2v) is 5.57. The first-order chi connectivity index (χ1) is 8.16. The summed E-state index contributed by atoms with van der Waals surface area (Å²) in [6.45, 7) is 6.17. The lowest BCUT2D eigenvalue weighted by atomic mass is 10.2. The van der Waals surface area contributed by atoms with Crippen LogP contribution in [0.4, 0.5) is 0 Å². The van der Waals surface area contributed by atoms with Gasteiger partial charge in [-0.15, -0.1) is 11.3 Å². The van der Waals surface area contributed by atoms with Crippen LogP contribution < -0.4 is 5.32 Å². The molecule has 0 spiro atoms. The van der Waals surface area contributed by atoms with E-state index < -0.39 is 0 Å². The van der Waals surface area contributed by atoms with E-state index in [9.17, 15) is 0 Å². The van der Waals surface area contributed by atoms with Crippen molar-refractivity contribution >= 4 is 11.3 Å². The molecule has 0 radical (unpaired) electrons. The number of hydrogen-bond acceptors (Lipinski definition) is 4. The van der Waals surface area contributed by atoms with Crippen molar-refractivity contribution < 1.29 is 0 Å². The molecule has 0 aromatic carbocycles. The summed E-state index contributed by atoms with van der Waals surface area (Å²) in [5.74, 6) is 0. The molecule has 0 atom stereocenters. The molecule has 0 aliphatic carbocycles. The zero-order valence-electron chi connectivity index (χ0n) is 10.4. The summed E-state index contributed by atoms with van der Waals surface area (Å²) in [7, 11) is 1.99. The number of nitrogens with one attached hydrogen (secondary N) is 1. The maximum absolute atomic E-state index is 4.78. The molecule has 0 bridgehead atoms. The van der Waals surface area contributed by atoms with Crippen LogP contribution in [0.3, 0.4) is 0 Å². The highest BCUT2D eigenvalue weighted by Gasteiger charge is 2.19. The number of rotatable bonds is 1. The van der Waals surface area contributed by atoms with E-state index in [1.165, 1.54) is 21.8 Å². The molecule has 0 saturated carbocycles.